The van der Waals surface area contributed by atoms with Gasteiger partial charge in [0.2, 0.25) is 5.91 Å². The van der Waals surface area contributed by atoms with E-state index in [9.17, 15) is 4.79 Å². The number of carbonyl (C=O) groups excluding carboxylic acids is 1. The van der Waals surface area contributed by atoms with E-state index >= 15 is 0 Å². The van der Waals surface area contributed by atoms with Crippen LogP contribution in [0.3, 0.4) is 0 Å². The van der Waals surface area contributed by atoms with E-state index in [2.05, 4.69) is 5.32 Å². The Morgan fingerprint density at radius 3 is 2.77 bits per heavy atom. The van der Waals surface area contributed by atoms with Crippen molar-refractivity contribution in [1.29, 1.82) is 0 Å². The highest BCUT2D eigenvalue weighted by Gasteiger charge is 2.31. The van der Waals surface area contributed by atoms with Gasteiger partial charge in [0, 0.05) is 12.2 Å². The molecular weight excluding hydrogens is 166 g/mol. The Balaban J connectivity index is 2.53. The average molecular weight is 183 g/mol. The van der Waals surface area contributed by atoms with E-state index in [-0.39, 0.29) is 11.4 Å². The third-order valence-corrected chi connectivity index (χ3v) is 2.43. The molecule has 0 aromatic heterocycles. The summed E-state index contributed by atoms with van der Waals surface area (Å²) in [6.45, 7) is 7.05. The van der Waals surface area contributed by atoms with E-state index in [0.717, 1.165) is 18.6 Å². The molecule has 1 unspecified atom stereocenters. The lowest BCUT2D eigenvalue weighted by Crippen LogP contribution is -2.46. The zero-order valence-corrected chi connectivity index (χ0v) is 8.52. The number of allylic oxidation sites excluding steroid dienone is 1. The number of carbonyl (C=O) groups is 1. The molecule has 0 bridgehead atoms. The second kappa shape index (κ2) is 3.92. The van der Waals surface area contributed by atoms with Crippen LogP contribution in [-0.2, 0) is 9.53 Å². The van der Waals surface area contributed by atoms with E-state index in [0.29, 0.717) is 6.61 Å². The summed E-state index contributed by atoms with van der Waals surface area (Å²) in [4.78, 5) is 11.5. The van der Waals surface area contributed by atoms with Crippen molar-refractivity contribution in [3.63, 3.8) is 0 Å². The van der Waals surface area contributed by atoms with Gasteiger partial charge >= 0.3 is 0 Å². The fourth-order valence-electron chi connectivity index (χ4n) is 1.27. The number of rotatable bonds is 2. The summed E-state index contributed by atoms with van der Waals surface area (Å²) in [5, 5.41) is 2.97. The number of amides is 1. The van der Waals surface area contributed by atoms with Gasteiger partial charge < -0.3 is 10.1 Å². The van der Waals surface area contributed by atoms with E-state index in [1.165, 1.54) is 0 Å². The third kappa shape index (κ3) is 2.56. The summed E-state index contributed by atoms with van der Waals surface area (Å²) in [7, 11) is 0. The Bertz CT molecular complexity index is 227. The smallest absolute Gasteiger partial charge is 0.247 e. The number of hydrogen-bond donors (Lipinski definition) is 1. The van der Waals surface area contributed by atoms with Gasteiger partial charge in [0.05, 0.1) is 12.1 Å². The first kappa shape index (κ1) is 10.3. The van der Waals surface area contributed by atoms with Crippen LogP contribution in [0.4, 0.5) is 0 Å². The highest BCUT2D eigenvalue weighted by atomic mass is 16.5. The molecule has 74 valence electrons. The molecule has 1 aliphatic heterocycles. The quantitative estimate of drug-likeness (QED) is 0.654. The standard InChI is InChI=1S/C10H17NO2/c1-4-8(2)9(12)11-10(3)5-6-13-7-10/h4H,5-7H2,1-3H3,(H,11,12)/b8-4-. The van der Waals surface area contributed by atoms with Crippen molar-refractivity contribution in [2.75, 3.05) is 13.2 Å². The van der Waals surface area contributed by atoms with Crippen molar-refractivity contribution in [2.24, 2.45) is 0 Å². The average Bonchev–Trinajstić information content (AvgIpc) is 2.50. The number of hydrogen-bond acceptors (Lipinski definition) is 2. The van der Waals surface area contributed by atoms with Gasteiger partial charge in [-0.2, -0.15) is 0 Å². The Labute approximate surface area is 79.2 Å². The maximum atomic E-state index is 11.5. The maximum Gasteiger partial charge on any atom is 0.247 e. The third-order valence-electron chi connectivity index (χ3n) is 2.43. The van der Waals surface area contributed by atoms with Crippen LogP contribution in [0, 0.1) is 0 Å². The van der Waals surface area contributed by atoms with Gasteiger partial charge in [0.15, 0.2) is 0 Å². The summed E-state index contributed by atoms with van der Waals surface area (Å²) < 4.78 is 5.24. The summed E-state index contributed by atoms with van der Waals surface area (Å²) in [6, 6.07) is 0. The molecule has 1 saturated heterocycles. The van der Waals surface area contributed by atoms with Gasteiger partial charge in [-0.15, -0.1) is 0 Å². The first-order valence-corrected chi connectivity index (χ1v) is 4.60. The van der Waals surface area contributed by atoms with Crippen molar-refractivity contribution in [2.45, 2.75) is 32.7 Å². The summed E-state index contributed by atoms with van der Waals surface area (Å²) in [5.41, 5.74) is 0.592. The van der Waals surface area contributed by atoms with E-state index in [4.69, 9.17) is 4.74 Å². The molecule has 0 spiro atoms. The Morgan fingerprint density at radius 1 is 1.62 bits per heavy atom. The van der Waals surface area contributed by atoms with Gasteiger partial charge in [0.1, 0.15) is 0 Å². The Hall–Kier alpha value is -0.830. The minimum absolute atomic E-state index is 0.00972. The molecule has 1 amide bonds. The van der Waals surface area contributed by atoms with Crippen molar-refractivity contribution >= 4 is 5.91 Å². The Kier molecular flexibility index (Phi) is 3.09. The molecule has 0 aliphatic carbocycles. The lowest BCUT2D eigenvalue weighted by molar-refractivity contribution is -0.119. The molecule has 1 fully saturated rings. The van der Waals surface area contributed by atoms with Crippen LogP contribution in [-0.4, -0.2) is 24.7 Å². The van der Waals surface area contributed by atoms with E-state index in [1.807, 2.05) is 26.8 Å². The van der Waals surface area contributed by atoms with Crippen LogP contribution >= 0.6 is 0 Å². The predicted octanol–water partition coefficient (Wildman–Crippen LogP) is 1.25. The Morgan fingerprint density at radius 2 is 2.31 bits per heavy atom. The van der Waals surface area contributed by atoms with Crippen LogP contribution < -0.4 is 5.32 Å². The highest BCUT2D eigenvalue weighted by molar-refractivity contribution is 5.93. The maximum absolute atomic E-state index is 11.5. The van der Waals surface area contributed by atoms with Crippen molar-refractivity contribution < 1.29 is 9.53 Å². The monoisotopic (exact) mass is 183 g/mol. The van der Waals surface area contributed by atoms with Gasteiger partial charge in [-0.3, -0.25) is 4.79 Å². The van der Waals surface area contributed by atoms with Crippen LogP contribution in [0.2, 0.25) is 0 Å². The summed E-state index contributed by atoms with van der Waals surface area (Å²) >= 11 is 0. The molecule has 3 heteroatoms. The van der Waals surface area contributed by atoms with Gasteiger partial charge in [-0.1, -0.05) is 6.08 Å². The summed E-state index contributed by atoms with van der Waals surface area (Å²) in [5.74, 6) is 0.00972. The molecule has 0 aromatic rings. The van der Waals surface area contributed by atoms with E-state index in [1.54, 1.807) is 0 Å². The predicted molar refractivity (Wildman–Crippen MR) is 51.4 cm³/mol. The zero-order chi connectivity index (χ0) is 9.90. The largest absolute Gasteiger partial charge is 0.379 e. The molecule has 1 atom stereocenters. The van der Waals surface area contributed by atoms with Crippen LogP contribution in [0.1, 0.15) is 27.2 Å². The van der Waals surface area contributed by atoms with Crippen LogP contribution in [0.25, 0.3) is 0 Å². The van der Waals surface area contributed by atoms with Gasteiger partial charge in [-0.05, 0) is 27.2 Å². The van der Waals surface area contributed by atoms with Gasteiger partial charge in [0.25, 0.3) is 0 Å². The van der Waals surface area contributed by atoms with Crippen molar-refractivity contribution in [1.82, 2.24) is 5.32 Å². The second-order valence-electron chi connectivity index (χ2n) is 3.79. The topological polar surface area (TPSA) is 38.3 Å². The minimum atomic E-state index is -0.165. The van der Waals surface area contributed by atoms with Crippen LogP contribution in [0.5, 0.6) is 0 Å². The molecule has 1 heterocycles. The lowest BCUT2D eigenvalue weighted by atomic mass is 10.0. The molecule has 0 saturated carbocycles. The minimum Gasteiger partial charge on any atom is -0.379 e. The second-order valence-corrected chi connectivity index (χ2v) is 3.79. The fraction of sp³-hybridized carbons (Fsp3) is 0.700. The molecule has 3 nitrogen and oxygen atoms in total. The normalized spacial score (nSPS) is 29.0. The van der Waals surface area contributed by atoms with Crippen molar-refractivity contribution in [3.8, 4) is 0 Å². The van der Waals surface area contributed by atoms with Crippen LogP contribution in [0.15, 0.2) is 11.6 Å². The highest BCUT2D eigenvalue weighted by Crippen LogP contribution is 2.17. The fourth-order valence-corrected chi connectivity index (χ4v) is 1.27. The zero-order valence-electron chi connectivity index (χ0n) is 8.52. The number of nitrogens with one attached hydrogen (secondary N) is 1. The molecule has 1 aliphatic rings. The lowest BCUT2D eigenvalue weighted by Gasteiger charge is -2.23. The molecular formula is C10H17NO2. The van der Waals surface area contributed by atoms with Gasteiger partial charge in [-0.25, -0.2) is 0 Å². The molecule has 0 aromatic carbocycles. The first-order valence-electron chi connectivity index (χ1n) is 4.60. The molecule has 0 radical (unpaired) electrons. The van der Waals surface area contributed by atoms with Crippen molar-refractivity contribution in [3.05, 3.63) is 11.6 Å². The first-order chi connectivity index (χ1) is 6.07. The summed E-state index contributed by atoms with van der Waals surface area (Å²) in [6.07, 6.45) is 2.71. The molecule has 1 rings (SSSR count). The molecule has 13 heavy (non-hydrogen) atoms. The molecule has 1 N–H and O–H groups in total. The number of ether oxygens (including phenoxy) is 1. The van der Waals surface area contributed by atoms with E-state index < -0.39 is 0 Å². The SMILES string of the molecule is C/C=C(/C)C(=O)NC1(C)CCOC1.